The molecule has 0 amide bonds. The number of aromatic nitrogens is 3. The van der Waals surface area contributed by atoms with Crippen molar-refractivity contribution in [2.45, 2.75) is 20.4 Å². The van der Waals surface area contributed by atoms with Crippen molar-refractivity contribution < 1.29 is 14.3 Å². The number of hydrogen-bond donors (Lipinski definition) is 0. The molecule has 3 rings (SSSR count). The molecule has 2 heterocycles. The minimum Gasteiger partial charge on any atom is -0.460 e. The quantitative estimate of drug-likeness (QED) is 0.488. The number of nitrogens with zero attached hydrogens (tertiary/aromatic N) is 3. The van der Waals surface area contributed by atoms with E-state index < -0.39 is 0 Å². The smallest absolute Gasteiger partial charge is 0.339 e. The minimum atomic E-state index is -0.389. The molecule has 0 fully saturated rings. The van der Waals surface area contributed by atoms with E-state index in [4.69, 9.17) is 14.5 Å². The number of ether oxygens (including phenoxy) is 2. The van der Waals surface area contributed by atoms with Crippen molar-refractivity contribution >= 4 is 17.0 Å². The van der Waals surface area contributed by atoms with E-state index in [1.165, 1.54) is 0 Å². The number of aryl methyl sites for hydroxylation is 1. The van der Waals surface area contributed by atoms with Gasteiger partial charge in [0.1, 0.15) is 6.61 Å². The summed E-state index contributed by atoms with van der Waals surface area (Å²) < 4.78 is 12.3. The maximum atomic E-state index is 12.6. The Morgan fingerprint density at radius 1 is 1.16 bits per heavy atom. The summed E-state index contributed by atoms with van der Waals surface area (Å²) in [5.74, 6) is -0.389. The Morgan fingerprint density at radius 2 is 1.96 bits per heavy atom. The molecular formula is C19H21N3O3. The lowest BCUT2D eigenvalue weighted by molar-refractivity contribution is 0.0337. The molecule has 0 N–H and O–H groups in total. The molecule has 0 saturated carbocycles. The third-order valence-corrected chi connectivity index (χ3v) is 3.86. The number of carbonyl (C=O) groups excluding carboxylic acids is 1. The molecule has 2 aromatic heterocycles. The van der Waals surface area contributed by atoms with Crippen LogP contribution in [0.3, 0.4) is 0 Å². The van der Waals surface area contributed by atoms with Crippen LogP contribution in [0.5, 0.6) is 0 Å². The van der Waals surface area contributed by atoms with Crippen LogP contribution in [-0.2, 0) is 16.0 Å². The minimum absolute atomic E-state index is 0.221. The summed E-state index contributed by atoms with van der Waals surface area (Å²) in [6.45, 7) is 5.77. The summed E-state index contributed by atoms with van der Waals surface area (Å²) in [5, 5.41) is 5.02. The SMILES string of the molecule is CCOCCOC(=O)c1cc(-c2ccccc2)nc2c1cnn2CC. The second-order valence-corrected chi connectivity index (χ2v) is 5.45. The molecule has 3 aromatic rings. The van der Waals surface area contributed by atoms with Crippen LogP contribution in [0.2, 0.25) is 0 Å². The zero-order valence-corrected chi connectivity index (χ0v) is 14.4. The Morgan fingerprint density at radius 3 is 2.68 bits per heavy atom. The van der Waals surface area contributed by atoms with Crippen LogP contribution in [0.15, 0.2) is 42.6 Å². The molecule has 130 valence electrons. The first-order valence-electron chi connectivity index (χ1n) is 8.41. The molecule has 0 aliphatic rings. The third kappa shape index (κ3) is 3.69. The highest BCUT2D eigenvalue weighted by atomic mass is 16.6. The van der Waals surface area contributed by atoms with Crippen molar-refractivity contribution in [2.24, 2.45) is 0 Å². The number of hydrogen-bond acceptors (Lipinski definition) is 5. The van der Waals surface area contributed by atoms with Gasteiger partial charge in [-0.25, -0.2) is 14.5 Å². The highest BCUT2D eigenvalue weighted by Gasteiger charge is 2.18. The fraction of sp³-hybridized carbons (Fsp3) is 0.316. The Kier molecular flexibility index (Phi) is 5.40. The third-order valence-electron chi connectivity index (χ3n) is 3.86. The van der Waals surface area contributed by atoms with Crippen LogP contribution in [0.25, 0.3) is 22.3 Å². The Labute approximate surface area is 146 Å². The fourth-order valence-corrected chi connectivity index (χ4v) is 2.62. The largest absolute Gasteiger partial charge is 0.460 e. The predicted octanol–water partition coefficient (Wildman–Crippen LogP) is 3.31. The fourth-order valence-electron chi connectivity index (χ4n) is 2.62. The molecule has 0 unspecified atom stereocenters. The predicted molar refractivity (Wildman–Crippen MR) is 95.4 cm³/mol. The van der Waals surface area contributed by atoms with Crippen molar-refractivity contribution in [3.05, 3.63) is 48.2 Å². The van der Waals surface area contributed by atoms with E-state index in [1.54, 1.807) is 16.9 Å². The zero-order valence-electron chi connectivity index (χ0n) is 14.4. The first-order chi connectivity index (χ1) is 12.2. The Hall–Kier alpha value is -2.73. The van der Waals surface area contributed by atoms with Crippen LogP contribution in [0.4, 0.5) is 0 Å². The molecule has 0 radical (unpaired) electrons. The van der Waals surface area contributed by atoms with E-state index in [-0.39, 0.29) is 12.6 Å². The highest BCUT2D eigenvalue weighted by Crippen LogP contribution is 2.25. The number of esters is 1. The Balaban J connectivity index is 2.01. The van der Waals surface area contributed by atoms with Gasteiger partial charge in [0, 0.05) is 18.7 Å². The van der Waals surface area contributed by atoms with E-state index in [1.807, 2.05) is 44.2 Å². The van der Waals surface area contributed by atoms with Gasteiger partial charge in [-0.3, -0.25) is 0 Å². The summed E-state index contributed by atoms with van der Waals surface area (Å²) >= 11 is 0. The number of rotatable bonds is 7. The zero-order chi connectivity index (χ0) is 17.6. The maximum Gasteiger partial charge on any atom is 0.339 e. The maximum absolute atomic E-state index is 12.6. The van der Waals surface area contributed by atoms with Gasteiger partial charge in [-0.15, -0.1) is 0 Å². The van der Waals surface area contributed by atoms with Crippen molar-refractivity contribution in [3.8, 4) is 11.3 Å². The van der Waals surface area contributed by atoms with Crippen LogP contribution < -0.4 is 0 Å². The molecule has 6 nitrogen and oxygen atoms in total. The van der Waals surface area contributed by atoms with E-state index >= 15 is 0 Å². The van der Waals surface area contributed by atoms with Crippen LogP contribution in [0.1, 0.15) is 24.2 Å². The summed E-state index contributed by atoms with van der Waals surface area (Å²) in [7, 11) is 0. The first-order valence-corrected chi connectivity index (χ1v) is 8.41. The topological polar surface area (TPSA) is 66.2 Å². The van der Waals surface area contributed by atoms with Crippen molar-refractivity contribution in [1.82, 2.24) is 14.8 Å². The molecule has 0 atom stereocenters. The van der Waals surface area contributed by atoms with Crippen LogP contribution >= 0.6 is 0 Å². The monoisotopic (exact) mass is 339 g/mol. The van der Waals surface area contributed by atoms with E-state index in [2.05, 4.69) is 5.10 Å². The Bertz CT molecular complexity index is 859. The lowest BCUT2D eigenvalue weighted by Crippen LogP contribution is -2.12. The molecule has 0 spiro atoms. The van der Waals surface area contributed by atoms with Crippen molar-refractivity contribution in [2.75, 3.05) is 19.8 Å². The molecular weight excluding hydrogens is 318 g/mol. The van der Waals surface area contributed by atoms with Crippen molar-refractivity contribution in [1.29, 1.82) is 0 Å². The van der Waals surface area contributed by atoms with Crippen LogP contribution in [-0.4, -0.2) is 40.6 Å². The lowest BCUT2D eigenvalue weighted by Gasteiger charge is -2.09. The molecule has 1 aromatic carbocycles. The number of fused-ring (bicyclic) bond motifs is 1. The van der Waals surface area contributed by atoms with Crippen LogP contribution in [0, 0.1) is 0 Å². The lowest BCUT2D eigenvalue weighted by atomic mass is 10.1. The van der Waals surface area contributed by atoms with Gasteiger partial charge < -0.3 is 9.47 Å². The molecule has 25 heavy (non-hydrogen) atoms. The molecule has 0 aliphatic carbocycles. The van der Waals surface area contributed by atoms with Gasteiger partial charge in [0.25, 0.3) is 0 Å². The molecule has 0 saturated heterocycles. The highest BCUT2D eigenvalue weighted by molar-refractivity contribution is 6.03. The normalized spacial score (nSPS) is 11.0. The van der Waals surface area contributed by atoms with E-state index in [9.17, 15) is 4.79 Å². The molecule has 0 aliphatic heterocycles. The van der Waals surface area contributed by atoms with Gasteiger partial charge in [-0.05, 0) is 19.9 Å². The van der Waals surface area contributed by atoms with Gasteiger partial charge in [-0.2, -0.15) is 5.10 Å². The molecule has 0 bridgehead atoms. The van der Waals surface area contributed by atoms with Crippen molar-refractivity contribution in [3.63, 3.8) is 0 Å². The van der Waals surface area contributed by atoms with Gasteiger partial charge in [0.05, 0.1) is 29.4 Å². The molecule has 6 heteroatoms. The number of carbonyl (C=O) groups is 1. The summed E-state index contributed by atoms with van der Waals surface area (Å²) in [5.41, 5.74) is 2.82. The second-order valence-electron chi connectivity index (χ2n) is 5.45. The van der Waals surface area contributed by atoms with Gasteiger partial charge in [-0.1, -0.05) is 30.3 Å². The summed E-state index contributed by atoms with van der Waals surface area (Å²) in [6, 6.07) is 11.5. The van der Waals surface area contributed by atoms with Gasteiger partial charge in [0.15, 0.2) is 5.65 Å². The average molecular weight is 339 g/mol. The van der Waals surface area contributed by atoms with Gasteiger partial charge >= 0.3 is 5.97 Å². The number of pyridine rings is 1. The summed E-state index contributed by atoms with van der Waals surface area (Å²) in [4.78, 5) is 17.3. The first kappa shape index (κ1) is 17.1. The summed E-state index contributed by atoms with van der Waals surface area (Å²) in [6.07, 6.45) is 1.67. The van der Waals surface area contributed by atoms with E-state index in [0.717, 1.165) is 11.3 Å². The van der Waals surface area contributed by atoms with Gasteiger partial charge in [0.2, 0.25) is 0 Å². The average Bonchev–Trinajstić information content (AvgIpc) is 3.08. The standard InChI is InChI=1S/C19H21N3O3/c1-3-22-18-16(13-20-22)15(19(23)25-11-10-24-4-2)12-17(21-18)14-8-6-5-7-9-14/h5-9,12-13H,3-4,10-11H2,1-2H3. The second kappa shape index (κ2) is 7.90. The number of benzene rings is 1. The van der Waals surface area contributed by atoms with E-state index in [0.29, 0.717) is 36.4 Å².